The van der Waals surface area contributed by atoms with Gasteiger partial charge in [-0.3, -0.25) is 19.5 Å². The summed E-state index contributed by atoms with van der Waals surface area (Å²) in [5.41, 5.74) is 3.23. The normalized spacial score (nSPS) is 13.0. The van der Waals surface area contributed by atoms with Gasteiger partial charge in [0.15, 0.2) is 5.96 Å². The fraction of sp³-hybridized carbons (Fsp3) is 0.348. The number of rotatable bonds is 8. The van der Waals surface area contributed by atoms with Crippen LogP contribution in [0, 0.1) is 6.92 Å². The molecule has 0 bridgehead atoms. The van der Waals surface area contributed by atoms with Crippen molar-refractivity contribution in [3.63, 3.8) is 0 Å². The van der Waals surface area contributed by atoms with Crippen LogP contribution in [0.25, 0.3) is 0 Å². The monoisotopic (exact) mass is 536 g/mol. The van der Waals surface area contributed by atoms with E-state index in [1.54, 1.807) is 31.4 Å². The number of amides is 2. The molecule has 0 spiro atoms. The lowest BCUT2D eigenvalue weighted by Gasteiger charge is -2.16. The zero-order valence-corrected chi connectivity index (χ0v) is 20.4. The predicted molar refractivity (Wildman–Crippen MR) is 133 cm³/mol. The molecule has 0 saturated carbocycles. The van der Waals surface area contributed by atoms with Crippen molar-refractivity contribution in [3.05, 3.63) is 64.7 Å². The number of halogens is 1. The van der Waals surface area contributed by atoms with Crippen LogP contribution >= 0.6 is 24.0 Å². The summed E-state index contributed by atoms with van der Waals surface area (Å²) in [6.45, 7) is 6.05. The Hall–Kier alpha value is -2.62. The number of methoxy groups -OCH3 is 1. The van der Waals surface area contributed by atoms with Crippen molar-refractivity contribution in [2.75, 3.05) is 33.3 Å². The molecule has 7 nitrogen and oxygen atoms in total. The van der Waals surface area contributed by atoms with E-state index in [9.17, 15) is 9.59 Å². The molecule has 31 heavy (non-hydrogen) atoms. The first-order chi connectivity index (χ1) is 14.5. The minimum absolute atomic E-state index is 0. The highest BCUT2D eigenvalue weighted by Crippen LogP contribution is 2.22. The van der Waals surface area contributed by atoms with Gasteiger partial charge in [-0.05, 0) is 44.0 Å². The molecule has 2 N–H and O–H groups in total. The highest BCUT2D eigenvalue weighted by Gasteiger charge is 2.34. The largest absolute Gasteiger partial charge is 0.496 e. The van der Waals surface area contributed by atoms with E-state index in [0.29, 0.717) is 36.7 Å². The molecule has 3 rings (SSSR count). The number of carbonyl (C=O) groups is 2. The van der Waals surface area contributed by atoms with Crippen LogP contribution in [0.15, 0.2) is 47.5 Å². The third kappa shape index (κ3) is 5.96. The van der Waals surface area contributed by atoms with Crippen molar-refractivity contribution >= 4 is 41.8 Å². The molecule has 0 saturated heterocycles. The highest BCUT2D eigenvalue weighted by atomic mass is 127. The van der Waals surface area contributed by atoms with Gasteiger partial charge in [0.2, 0.25) is 0 Å². The molecule has 2 aromatic rings. The lowest BCUT2D eigenvalue weighted by atomic mass is 10.1. The Balaban J connectivity index is 0.00000341. The molecule has 0 atom stereocenters. The van der Waals surface area contributed by atoms with E-state index >= 15 is 0 Å². The lowest BCUT2D eigenvalue weighted by molar-refractivity contribution is 0.0657. The van der Waals surface area contributed by atoms with E-state index in [4.69, 9.17) is 4.74 Å². The third-order valence-electron chi connectivity index (χ3n) is 4.94. The molecule has 1 aliphatic heterocycles. The van der Waals surface area contributed by atoms with Gasteiger partial charge in [-0.1, -0.05) is 29.8 Å². The van der Waals surface area contributed by atoms with Crippen molar-refractivity contribution in [2.24, 2.45) is 4.99 Å². The molecule has 0 unspecified atom stereocenters. The number of ether oxygens (including phenoxy) is 1. The maximum absolute atomic E-state index is 12.4. The van der Waals surface area contributed by atoms with E-state index < -0.39 is 0 Å². The van der Waals surface area contributed by atoms with Gasteiger partial charge in [0.25, 0.3) is 11.8 Å². The molecule has 1 heterocycles. The van der Waals surface area contributed by atoms with Crippen LogP contribution in [0.3, 0.4) is 0 Å². The highest BCUT2D eigenvalue weighted by molar-refractivity contribution is 14.0. The average Bonchev–Trinajstić information content (AvgIpc) is 2.99. The van der Waals surface area contributed by atoms with Crippen molar-refractivity contribution < 1.29 is 14.3 Å². The molecule has 0 aliphatic carbocycles. The molecule has 1 aliphatic rings. The number of imide groups is 1. The summed E-state index contributed by atoms with van der Waals surface area (Å²) in [7, 11) is 1.67. The number of nitrogens with zero attached hydrogens (tertiary/aromatic N) is 2. The first-order valence-corrected chi connectivity index (χ1v) is 10.2. The summed E-state index contributed by atoms with van der Waals surface area (Å²) < 4.78 is 5.42. The van der Waals surface area contributed by atoms with Gasteiger partial charge in [-0.25, -0.2) is 0 Å². The molecular formula is C23H29IN4O3. The van der Waals surface area contributed by atoms with Crippen LogP contribution in [0.5, 0.6) is 5.75 Å². The zero-order chi connectivity index (χ0) is 21.5. The molecule has 2 amide bonds. The first-order valence-electron chi connectivity index (χ1n) is 10.2. The molecule has 2 aromatic carbocycles. The maximum Gasteiger partial charge on any atom is 0.261 e. The summed E-state index contributed by atoms with van der Waals surface area (Å²) in [5.74, 6) is 1.02. The van der Waals surface area contributed by atoms with Gasteiger partial charge in [-0.2, -0.15) is 0 Å². The number of hydrogen-bond acceptors (Lipinski definition) is 4. The molecule has 0 aromatic heterocycles. The molecular weight excluding hydrogens is 507 g/mol. The van der Waals surface area contributed by atoms with Gasteiger partial charge < -0.3 is 15.4 Å². The second kappa shape index (κ2) is 11.7. The summed E-state index contributed by atoms with van der Waals surface area (Å²) in [4.78, 5) is 30.8. The van der Waals surface area contributed by atoms with Crippen molar-refractivity contribution in [1.29, 1.82) is 0 Å². The standard InChI is InChI=1S/C23H28N4O3.HI/c1-4-24-23(25-12-11-17-15-16(2)9-10-20(17)30-3)26-13-14-27-21(28)18-7-5-6-8-19(18)22(27)29;/h5-10,15H,4,11-14H2,1-3H3,(H2,24,25,26);1H. The number of nitrogens with one attached hydrogen (secondary N) is 2. The predicted octanol–water partition coefficient (Wildman–Crippen LogP) is 3.02. The van der Waals surface area contributed by atoms with Crippen LogP contribution < -0.4 is 15.4 Å². The topological polar surface area (TPSA) is 83.0 Å². The fourth-order valence-corrected chi connectivity index (χ4v) is 3.46. The molecule has 0 fully saturated rings. The van der Waals surface area contributed by atoms with Gasteiger partial charge >= 0.3 is 0 Å². The summed E-state index contributed by atoms with van der Waals surface area (Å²) in [5, 5.41) is 6.40. The third-order valence-corrected chi connectivity index (χ3v) is 4.94. The number of carbonyl (C=O) groups excluding carboxylic acids is 2. The number of guanidine groups is 1. The first kappa shape index (κ1) is 24.6. The number of aryl methyl sites for hydroxylation is 1. The lowest BCUT2D eigenvalue weighted by Crippen LogP contribution is -2.43. The Morgan fingerprint density at radius 1 is 1.06 bits per heavy atom. The number of benzene rings is 2. The average molecular weight is 536 g/mol. The van der Waals surface area contributed by atoms with Crippen LogP contribution in [0.1, 0.15) is 38.8 Å². The summed E-state index contributed by atoms with van der Waals surface area (Å²) in [6.07, 6.45) is 0.750. The van der Waals surface area contributed by atoms with Crippen LogP contribution in [0.4, 0.5) is 0 Å². The van der Waals surface area contributed by atoms with Gasteiger partial charge in [0.05, 0.1) is 18.2 Å². The maximum atomic E-state index is 12.4. The fourth-order valence-electron chi connectivity index (χ4n) is 3.46. The Bertz CT molecular complexity index is 927. The zero-order valence-electron chi connectivity index (χ0n) is 18.1. The molecule has 166 valence electrons. The Labute approximate surface area is 200 Å². The Morgan fingerprint density at radius 3 is 2.35 bits per heavy atom. The van der Waals surface area contributed by atoms with Crippen molar-refractivity contribution in [1.82, 2.24) is 15.5 Å². The quantitative estimate of drug-likeness (QED) is 0.235. The Morgan fingerprint density at radius 2 is 1.74 bits per heavy atom. The van der Waals surface area contributed by atoms with Crippen molar-refractivity contribution in [3.8, 4) is 5.75 Å². The van der Waals surface area contributed by atoms with E-state index in [1.165, 1.54) is 10.5 Å². The Kier molecular flexibility index (Phi) is 9.29. The van der Waals surface area contributed by atoms with E-state index in [2.05, 4.69) is 28.6 Å². The SMILES string of the molecule is CCNC(=NCCc1cc(C)ccc1OC)NCCN1C(=O)c2ccccc2C1=O.I. The molecule has 8 heteroatoms. The smallest absolute Gasteiger partial charge is 0.261 e. The summed E-state index contributed by atoms with van der Waals surface area (Å²) >= 11 is 0. The van der Waals surface area contributed by atoms with Crippen LogP contribution in [-0.2, 0) is 6.42 Å². The van der Waals surface area contributed by atoms with Gasteiger partial charge in [0.1, 0.15) is 5.75 Å². The van der Waals surface area contributed by atoms with Crippen LogP contribution in [0.2, 0.25) is 0 Å². The van der Waals surface area contributed by atoms with Crippen molar-refractivity contribution in [2.45, 2.75) is 20.3 Å². The van der Waals surface area contributed by atoms with Gasteiger partial charge in [0, 0.05) is 26.2 Å². The van der Waals surface area contributed by atoms with E-state index in [0.717, 1.165) is 17.7 Å². The second-order valence-corrected chi connectivity index (χ2v) is 7.06. The van der Waals surface area contributed by atoms with Gasteiger partial charge in [-0.15, -0.1) is 24.0 Å². The number of fused-ring (bicyclic) bond motifs is 1. The second-order valence-electron chi connectivity index (χ2n) is 7.06. The van der Waals surface area contributed by atoms with Crippen LogP contribution in [-0.4, -0.2) is 56.0 Å². The van der Waals surface area contributed by atoms with E-state index in [1.807, 2.05) is 19.1 Å². The number of aliphatic imine (C=N–C) groups is 1. The molecule has 0 radical (unpaired) electrons. The minimum Gasteiger partial charge on any atom is -0.496 e. The number of hydrogen-bond donors (Lipinski definition) is 2. The summed E-state index contributed by atoms with van der Waals surface area (Å²) in [6, 6.07) is 13.0. The van der Waals surface area contributed by atoms with E-state index in [-0.39, 0.29) is 42.3 Å². The minimum atomic E-state index is -0.245.